The highest BCUT2D eigenvalue weighted by Gasteiger charge is 2.34. The van der Waals surface area contributed by atoms with Crippen LogP contribution in [0.1, 0.15) is 5.56 Å². The molecular weight excluding hydrogens is 546 g/mol. The molecule has 1 N–H and O–H groups in total. The van der Waals surface area contributed by atoms with Gasteiger partial charge in [-0.2, -0.15) is 0 Å². The maximum atomic E-state index is 13.1. The minimum absolute atomic E-state index is 0.00987. The molecule has 2 aromatic carbocycles. The molecule has 0 aromatic heterocycles. The fourth-order valence-electron chi connectivity index (χ4n) is 3.42. The van der Waals surface area contributed by atoms with Crippen molar-refractivity contribution in [3.8, 4) is 5.75 Å². The third-order valence-electron chi connectivity index (χ3n) is 5.17. The van der Waals surface area contributed by atoms with Crippen LogP contribution in [0.5, 0.6) is 5.75 Å². The molecule has 4 rings (SSSR count). The Balaban J connectivity index is 1.49. The highest BCUT2D eigenvalue weighted by atomic mass is 79.9. The van der Waals surface area contributed by atoms with Crippen LogP contribution in [0.4, 0.5) is 5.69 Å². The summed E-state index contributed by atoms with van der Waals surface area (Å²) in [7, 11) is 0. The lowest BCUT2D eigenvalue weighted by molar-refractivity contribution is -0.137. The maximum Gasteiger partial charge on any atom is 0.270 e. The average Bonchev–Trinajstić information content (AvgIpc) is 2.82. The summed E-state index contributed by atoms with van der Waals surface area (Å²) in [5, 5.41) is 3.04. The monoisotopic (exact) mass is 563 g/mol. The van der Waals surface area contributed by atoms with E-state index in [0.29, 0.717) is 52.8 Å². The van der Waals surface area contributed by atoms with Crippen LogP contribution in [0.2, 0.25) is 5.02 Å². The average molecular weight is 565 g/mol. The first-order chi connectivity index (χ1) is 16.3. The lowest BCUT2D eigenvalue weighted by Gasteiger charge is -2.29. The summed E-state index contributed by atoms with van der Waals surface area (Å²) in [5.41, 5.74) is 0.993. The van der Waals surface area contributed by atoms with Crippen molar-refractivity contribution in [2.45, 2.75) is 0 Å². The number of hydrogen-bond donors (Lipinski definition) is 1. The molecule has 11 heteroatoms. The van der Waals surface area contributed by atoms with E-state index in [0.717, 1.165) is 0 Å². The van der Waals surface area contributed by atoms with Gasteiger partial charge in [0.25, 0.3) is 17.7 Å². The Morgan fingerprint density at radius 1 is 1.18 bits per heavy atom. The van der Waals surface area contributed by atoms with Crippen molar-refractivity contribution in [2.24, 2.45) is 0 Å². The van der Waals surface area contributed by atoms with Crippen molar-refractivity contribution in [1.29, 1.82) is 0 Å². The van der Waals surface area contributed by atoms with Gasteiger partial charge >= 0.3 is 0 Å². The minimum Gasteiger partial charge on any atom is -0.483 e. The standard InChI is InChI=1S/C23H19BrClN3O5S/c24-18-12-14(1-6-19(18)33-13-20(29)27-7-9-32-10-8-27)11-17-21(30)26-23(34)28(22(17)31)16-4-2-15(25)3-5-16/h1-6,11-12H,7-10,13H2,(H,26,30,34)/b17-11+. The second-order valence-electron chi connectivity index (χ2n) is 7.41. The van der Waals surface area contributed by atoms with Crippen LogP contribution in [0, 0.1) is 0 Å². The van der Waals surface area contributed by atoms with Gasteiger partial charge in [-0.25, -0.2) is 0 Å². The largest absolute Gasteiger partial charge is 0.483 e. The van der Waals surface area contributed by atoms with E-state index in [1.807, 2.05) is 0 Å². The first-order valence-electron chi connectivity index (χ1n) is 10.3. The normalized spacial score (nSPS) is 17.7. The van der Waals surface area contributed by atoms with E-state index in [1.165, 1.54) is 11.0 Å². The lowest BCUT2D eigenvalue weighted by Crippen LogP contribution is -2.54. The number of halogens is 2. The van der Waals surface area contributed by atoms with Crippen molar-refractivity contribution in [3.63, 3.8) is 0 Å². The second kappa shape index (κ2) is 10.6. The van der Waals surface area contributed by atoms with Crippen molar-refractivity contribution < 1.29 is 23.9 Å². The van der Waals surface area contributed by atoms with Gasteiger partial charge in [-0.05, 0) is 76.2 Å². The molecule has 3 amide bonds. The Hall–Kier alpha value is -2.79. The highest BCUT2D eigenvalue weighted by Crippen LogP contribution is 2.28. The number of nitrogens with one attached hydrogen (secondary N) is 1. The topological polar surface area (TPSA) is 88.2 Å². The molecule has 0 unspecified atom stereocenters. The van der Waals surface area contributed by atoms with Crippen LogP contribution < -0.4 is 15.0 Å². The van der Waals surface area contributed by atoms with Gasteiger partial charge in [-0.1, -0.05) is 17.7 Å². The smallest absolute Gasteiger partial charge is 0.270 e. The number of anilines is 1. The highest BCUT2D eigenvalue weighted by molar-refractivity contribution is 9.10. The predicted octanol–water partition coefficient (Wildman–Crippen LogP) is 3.17. The Bertz CT molecular complexity index is 1180. The van der Waals surface area contributed by atoms with Crippen molar-refractivity contribution in [1.82, 2.24) is 10.2 Å². The zero-order valence-corrected chi connectivity index (χ0v) is 20.9. The molecule has 2 aliphatic heterocycles. The predicted molar refractivity (Wildman–Crippen MR) is 135 cm³/mol. The number of nitrogens with zero attached hydrogens (tertiary/aromatic N) is 2. The first-order valence-corrected chi connectivity index (χ1v) is 11.9. The SMILES string of the molecule is O=C1NC(=S)N(c2ccc(Cl)cc2)C(=O)/C1=C/c1ccc(OCC(=O)N2CCOCC2)c(Br)c1. The van der Waals surface area contributed by atoms with Crippen LogP contribution in [-0.4, -0.2) is 60.6 Å². The number of amides is 3. The van der Waals surface area contributed by atoms with Gasteiger partial charge in [0, 0.05) is 18.1 Å². The minimum atomic E-state index is -0.590. The number of carbonyl (C=O) groups excluding carboxylic acids is 3. The van der Waals surface area contributed by atoms with Gasteiger partial charge in [0.2, 0.25) is 0 Å². The van der Waals surface area contributed by atoms with Crippen molar-refractivity contribution in [3.05, 3.63) is 63.1 Å². The van der Waals surface area contributed by atoms with Crippen molar-refractivity contribution >= 4 is 74.3 Å². The maximum absolute atomic E-state index is 13.1. The van der Waals surface area contributed by atoms with E-state index < -0.39 is 11.8 Å². The molecule has 2 saturated heterocycles. The third-order valence-corrected chi connectivity index (χ3v) is 6.32. The summed E-state index contributed by atoms with van der Waals surface area (Å²) in [6.07, 6.45) is 1.47. The quantitative estimate of drug-likeness (QED) is 0.341. The summed E-state index contributed by atoms with van der Waals surface area (Å²) in [5.74, 6) is -0.798. The number of thiocarbonyl (C=S) groups is 1. The zero-order valence-electron chi connectivity index (χ0n) is 17.8. The molecule has 0 radical (unpaired) electrons. The fourth-order valence-corrected chi connectivity index (χ4v) is 4.33. The number of hydrogen-bond acceptors (Lipinski definition) is 6. The summed E-state index contributed by atoms with van der Waals surface area (Å²) >= 11 is 14.6. The zero-order chi connectivity index (χ0) is 24.2. The van der Waals surface area contributed by atoms with Gasteiger partial charge in [0.05, 0.1) is 23.4 Å². The molecule has 2 aliphatic rings. The Morgan fingerprint density at radius 2 is 1.88 bits per heavy atom. The van der Waals surface area contributed by atoms with E-state index in [2.05, 4.69) is 21.2 Å². The molecule has 0 bridgehead atoms. The van der Waals surface area contributed by atoms with E-state index in [-0.39, 0.29) is 23.2 Å². The van der Waals surface area contributed by atoms with Gasteiger partial charge < -0.3 is 14.4 Å². The number of rotatable bonds is 5. The van der Waals surface area contributed by atoms with Gasteiger partial charge in [0.15, 0.2) is 11.7 Å². The van der Waals surface area contributed by atoms with E-state index in [1.54, 1.807) is 47.4 Å². The van der Waals surface area contributed by atoms with Crippen LogP contribution in [0.25, 0.3) is 6.08 Å². The van der Waals surface area contributed by atoms with Crippen molar-refractivity contribution in [2.75, 3.05) is 37.8 Å². The fraction of sp³-hybridized carbons (Fsp3) is 0.217. The third kappa shape index (κ3) is 5.47. The number of ether oxygens (including phenoxy) is 2. The van der Waals surface area contributed by atoms with Gasteiger partial charge in [0.1, 0.15) is 11.3 Å². The van der Waals surface area contributed by atoms with Crippen LogP contribution >= 0.6 is 39.7 Å². The van der Waals surface area contributed by atoms with Gasteiger partial charge in [-0.15, -0.1) is 0 Å². The summed E-state index contributed by atoms with van der Waals surface area (Å²) in [6, 6.07) is 11.6. The Labute approximate surface area is 214 Å². The van der Waals surface area contributed by atoms with Crippen LogP contribution in [0.15, 0.2) is 52.5 Å². The molecule has 0 spiro atoms. The molecule has 176 valence electrons. The van der Waals surface area contributed by atoms with Crippen LogP contribution in [-0.2, 0) is 19.1 Å². The van der Waals surface area contributed by atoms with E-state index >= 15 is 0 Å². The second-order valence-corrected chi connectivity index (χ2v) is 9.08. The van der Waals surface area contributed by atoms with Crippen LogP contribution in [0.3, 0.4) is 0 Å². The molecule has 8 nitrogen and oxygen atoms in total. The molecule has 2 aromatic rings. The summed E-state index contributed by atoms with van der Waals surface area (Å²) in [6.45, 7) is 2.02. The summed E-state index contributed by atoms with van der Waals surface area (Å²) < 4.78 is 11.5. The Morgan fingerprint density at radius 3 is 2.56 bits per heavy atom. The molecule has 0 atom stereocenters. The molecule has 0 saturated carbocycles. The number of benzene rings is 2. The number of morpholine rings is 1. The molecule has 2 fully saturated rings. The number of carbonyl (C=O) groups is 3. The molecule has 0 aliphatic carbocycles. The molecular formula is C23H19BrClN3O5S. The van der Waals surface area contributed by atoms with E-state index in [4.69, 9.17) is 33.3 Å². The van der Waals surface area contributed by atoms with E-state index in [9.17, 15) is 14.4 Å². The molecule has 34 heavy (non-hydrogen) atoms. The first kappa shape index (κ1) is 24.3. The molecule has 2 heterocycles. The Kier molecular flexibility index (Phi) is 7.62. The lowest BCUT2D eigenvalue weighted by atomic mass is 10.1. The van der Waals surface area contributed by atoms with Gasteiger partial charge in [-0.3, -0.25) is 24.6 Å². The summed E-state index contributed by atoms with van der Waals surface area (Å²) in [4.78, 5) is 40.8.